The highest BCUT2D eigenvalue weighted by Gasteiger charge is 2.20. The van der Waals surface area contributed by atoms with Crippen molar-refractivity contribution < 1.29 is 14.3 Å². The number of rotatable bonds is 7. The molecule has 0 aliphatic heterocycles. The van der Waals surface area contributed by atoms with Crippen molar-refractivity contribution in [1.29, 1.82) is 0 Å². The van der Waals surface area contributed by atoms with Crippen molar-refractivity contribution >= 4 is 17.2 Å². The van der Waals surface area contributed by atoms with E-state index in [1.807, 2.05) is 39.0 Å². The predicted octanol–water partition coefficient (Wildman–Crippen LogP) is 4.53. The van der Waals surface area contributed by atoms with Crippen molar-refractivity contribution in [2.45, 2.75) is 46.1 Å². The van der Waals surface area contributed by atoms with Crippen LogP contribution in [0.2, 0.25) is 0 Å². The Balaban J connectivity index is 1.72. The molecular formula is C20H25NO3S. The summed E-state index contributed by atoms with van der Waals surface area (Å²) in [4.78, 5) is 14.7. The molecule has 0 saturated carbocycles. The van der Waals surface area contributed by atoms with Gasteiger partial charge in [0.05, 0.1) is 24.1 Å². The Kier molecular flexibility index (Phi) is 5.63. The zero-order valence-electron chi connectivity index (χ0n) is 15.1. The normalized spacial score (nSPS) is 14.0. The number of benzene rings is 1. The van der Waals surface area contributed by atoms with Crippen molar-refractivity contribution in [3.05, 3.63) is 45.1 Å². The van der Waals surface area contributed by atoms with Crippen molar-refractivity contribution in [1.82, 2.24) is 5.32 Å². The molecule has 1 atom stereocenters. The van der Waals surface area contributed by atoms with Crippen molar-refractivity contribution in [2.75, 3.05) is 13.2 Å². The van der Waals surface area contributed by atoms with E-state index in [-0.39, 0.29) is 11.9 Å². The van der Waals surface area contributed by atoms with Gasteiger partial charge in [0.2, 0.25) is 0 Å². The molecule has 5 heteroatoms. The van der Waals surface area contributed by atoms with Gasteiger partial charge in [-0.1, -0.05) is 6.07 Å². The number of fused-ring (bicyclic) bond motifs is 1. The van der Waals surface area contributed by atoms with Gasteiger partial charge < -0.3 is 14.8 Å². The van der Waals surface area contributed by atoms with E-state index in [1.165, 1.54) is 16.9 Å². The summed E-state index contributed by atoms with van der Waals surface area (Å²) in [6.45, 7) is 7.05. The first-order valence-electron chi connectivity index (χ1n) is 8.94. The van der Waals surface area contributed by atoms with Gasteiger partial charge in [0, 0.05) is 4.88 Å². The van der Waals surface area contributed by atoms with Crippen LogP contribution in [0.25, 0.3) is 0 Å². The second kappa shape index (κ2) is 7.91. The molecule has 0 bridgehead atoms. The molecule has 0 unspecified atom stereocenters. The molecule has 134 valence electrons. The molecule has 25 heavy (non-hydrogen) atoms. The summed E-state index contributed by atoms with van der Waals surface area (Å²) in [5, 5.41) is 3.10. The molecule has 1 amide bonds. The Morgan fingerprint density at radius 1 is 1.16 bits per heavy atom. The lowest BCUT2D eigenvalue weighted by Gasteiger charge is -2.17. The Morgan fingerprint density at radius 2 is 1.92 bits per heavy atom. The van der Waals surface area contributed by atoms with E-state index in [0.717, 1.165) is 34.8 Å². The third kappa shape index (κ3) is 3.98. The van der Waals surface area contributed by atoms with Crippen LogP contribution in [0.1, 0.15) is 58.9 Å². The highest BCUT2D eigenvalue weighted by atomic mass is 32.1. The summed E-state index contributed by atoms with van der Waals surface area (Å²) in [6.07, 6.45) is 3.43. The maximum atomic E-state index is 12.6. The second-order valence-corrected chi connectivity index (χ2v) is 7.32. The number of nitrogens with one attached hydrogen (secondary N) is 1. The van der Waals surface area contributed by atoms with Gasteiger partial charge in [-0.2, -0.15) is 0 Å². The van der Waals surface area contributed by atoms with Gasteiger partial charge in [0.25, 0.3) is 5.91 Å². The largest absolute Gasteiger partial charge is 0.490 e. The Hall–Kier alpha value is -2.01. The maximum Gasteiger partial charge on any atom is 0.261 e. The number of hydrogen-bond acceptors (Lipinski definition) is 4. The summed E-state index contributed by atoms with van der Waals surface area (Å²) in [5.41, 5.74) is 2.35. The fourth-order valence-electron chi connectivity index (χ4n) is 3.13. The maximum absolute atomic E-state index is 12.6. The molecule has 3 rings (SSSR count). The summed E-state index contributed by atoms with van der Waals surface area (Å²) in [5.74, 6) is 1.46. The van der Waals surface area contributed by atoms with Crippen molar-refractivity contribution in [2.24, 2.45) is 0 Å². The van der Waals surface area contributed by atoms with Gasteiger partial charge in [-0.15, -0.1) is 11.3 Å². The number of amides is 1. The topological polar surface area (TPSA) is 47.6 Å². The molecule has 0 saturated heterocycles. The lowest BCUT2D eigenvalue weighted by atomic mass is 10.1. The average molecular weight is 359 g/mol. The molecule has 2 aromatic rings. The molecule has 1 aromatic heterocycles. The molecule has 0 fully saturated rings. The monoisotopic (exact) mass is 359 g/mol. The average Bonchev–Trinajstić information content (AvgIpc) is 3.18. The highest BCUT2D eigenvalue weighted by Crippen LogP contribution is 2.32. The van der Waals surface area contributed by atoms with Crippen molar-refractivity contribution in [3.8, 4) is 11.5 Å². The van der Waals surface area contributed by atoms with Gasteiger partial charge in [-0.25, -0.2) is 0 Å². The Bertz CT molecular complexity index is 732. The number of thiophene rings is 1. The molecule has 1 N–H and O–H groups in total. The van der Waals surface area contributed by atoms with Gasteiger partial charge >= 0.3 is 0 Å². The molecule has 4 nitrogen and oxygen atoms in total. The highest BCUT2D eigenvalue weighted by molar-refractivity contribution is 7.14. The second-order valence-electron chi connectivity index (χ2n) is 6.18. The number of aryl methyl sites for hydroxylation is 2. The van der Waals surface area contributed by atoms with E-state index in [0.29, 0.717) is 13.2 Å². The van der Waals surface area contributed by atoms with Crippen LogP contribution >= 0.6 is 11.3 Å². The first kappa shape index (κ1) is 17.8. The number of carbonyl (C=O) groups is 1. The molecular weight excluding hydrogens is 334 g/mol. The van der Waals surface area contributed by atoms with Gasteiger partial charge in [-0.3, -0.25) is 4.79 Å². The first-order chi connectivity index (χ1) is 12.1. The minimum atomic E-state index is -0.0978. The molecule has 0 spiro atoms. The number of carbonyl (C=O) groups excluding carboxylic acids is 1. The van der Waals surface area contributed by atoms with Crippen LogP contribution < -0.4 is 14.8 Å². The van der Waals surface area contributed by atoms with Gasteiger partial charge in [0.15, 0.2) is 11.5 Å². The molecule has 1 aromatic carbocycles. The molecule has 1 aliphatic rings. The summed E-state index contributed by atoms with van der Waals surface area (Å²) < 4.78 is 11.3. The Morgan fingerprint density at radius 3 is 2.64 bits per heavy atom. The van der Waals surface area contributed by atoms with Gasteiger partial charge in [-0.05, 0) is 69.4 Å². The summed E-state index contributed by atoms with van der Waals surface area (Å²) >= 11 is 1.63. The van der Waals surface area contributed by atoms with Crippen LogP contribution in [0, 0.1) is 0 Å². The van der Waals surface area contributed by atoms with E-state index >= 15 is 0 Å². The predicted molar refractivity (Wildman–Crippen MR) is 101 cm³/mol. The standard InChI is InChI=1S/C20H25NO3S/c1-4-23-16-10-9-14(11-17(16)24-5-2)13(3)21-20(22)19-12-15-7-6-8-18(15)25-19/h9-13H,4-8H2,1-3H3,(H,21,22)/t13-/m0/s1. The lowest BCUT2D eigenvalue weighted by molar-refractivity contribution is 0.0944. The van der Waals surface area contributed by atoms with E-state index < -0.39 is 0 Å². The lowest BCUT2D eigenvalue weighted by Crippen LogP contribution is -2.26. The van der Waals surface area contributed by atoms with Crippen LogP contribution in [-0.4, -0.2) is 19.1 Å². The third-order valence-corrected chi connectivity index (χ3v) is 5.62. The smallest absolute Gasteiger partial charge is 0.261 e. The quantitative estimate of drug-likeness (QED) is 0.790. The Labute approximate surface area is 153 Å². The molecule has 1 aliphatic carbocycles. The van der Waals surface area contributed by atoms with E-state index in [4.69, 9.17) is 9.47 Å². The van der Waals surface area contributed by atoms with Crippen LogP contribution in [-0.2, 0) is 12.8 Å². The fourth-order valence-corrected chi connectivity index (χ4v) is 4.29. The third-order valence-electron chi connectivity index (χ3n) is 4.39. The zero-order valence-corrected chi connectivity index (χ0v) is 15.9. The zero-order chi connectivity index (χ0) is 17.8. The number of ether oxygens (including phenoxy) is 2. The molecule has 1 heterocycles. The minimum Gasteiger partial charge on any atom is -0.490 e. The number of hydrogen-bond donors (Lipinski definition) is 1. The van der Waals surface area contributed by atoms with E-state index in [1.54, 1.807) is 11.3 Å². The summed E-state index contributed by atoms with van der Waals surface area (Å²) in [6, 6.07) is 7.80. The summed E-state index contributed by atoms with van der Waals surface area (Å²) in [7, 11) is 0. The fraction of sp³-hybridized carbons (Fsp3) is 0.450. The van der Waals surface area contributed by atoms with Gasteiger partial charge in [0.1, 0.15) is 0 Å². The minimum absolute atomic E-state index is 0.00116. The van der Waals surface area contributed by atoms with E-state index in [2.05, 4.69) is 11.4 Å². The van der Waals surface area contributed by atoms with Crippen molar-refractivity contribution in [3.63, 3.8) is 0 Å². The SMILES string of the molecule is CCOc1ccc([C@H](C)NC(=O)c2cc3c(s2)CCC3)cc1OCC. The first-order valence-corrected chi connectivity index (χ1v) is 9.76. The van der Waals surface area contributed by atoms with Crippen LogP contribution in [0.3, 0.4) is 0 Å². The van der Waals surface area contributed by atoms with Crippen LogP contribution in [0.4, 0.5) is 0 Å². The molecule has 0 radical (unpaired) electrons. The van der Waals surface area contributed by atoms with Crippen LogP contribution in [0.5, 0.6) is 11.5 Å². The van der Waals surface area contributed by atoms with Crippen LogP contribution in [0.15, 0.2) is 24.3 Å². The van der Waals surface area contributed by atoms with E-state index in [9.17, 15) is 4.79 Å².